The Morgan fingerprint density at radius 1 is 1.32 bits per heavy atom. The lowest BCUT2D eigenvalue weighted by Gasteiger charge is -2.28. The molecule has 1 N–H and O–H groups in total. The van der Waals surface area contributed by atoms with Crippen LogP contribution in [0.4, 0.5) is 4.79 Å². The number of carbonyl (C=O) groups excluding carboxylic acids is 1. The smallest absolute Gasteiger partial charge is 0.407 e. The van der Waals surface area contributed by atoms with Gasteiger partial charge in [0.15, 0.2) is 0 Å². The fourth-order valence-corrected chi connectivity index (χ4v) is 3.03. The van der Waals surface area contributed by atoms with Gasteiger partial charge in [0.25, 0.3) is 0 Å². The molecule has 0 bridgehead atoms. The minimum atomic E-state index is -0.511. The summed E-state index contributed by atoms with van der Waals surface area (Å²) >= 11 is 0. The number of nitrogens with zero attached hydrogens (tertiary/aromatic N) is 1. The number of rotatable bonds is 3. The van der Waals surface area contributed by atoms with Gasteiger partial charge in [-0.1, -0.05) is 24.3 Å². The van der Waals surface area contributed by atoms with Crippen LogP contribution in [0.3, 0.4) is 0 Å². The predicted octanol–water partition coefficient (Wildman–Crippen LogP) is 3.89. The van der Waals surface area contributed by atoms with Gasteiger partial charge in [-0.25, -0.2) is 4.79 Å². The summed E-state index contributed by atoms with van der Waals surface area (Å²) in [7, 11) is 0. The summed E-state index contributed by atoms with van der Waals surface area (Å²) in [6, 6.07) is 10.2. The van der Waals surface area contributed by atoms with E-state index in [1.807, 2.05) is 39.1 Å². The van der Waals surface area contributed by atoms with Crippen LogP contribution in [-0.2, 0) is 15.9 Å². The van der Waals surface area contributed by atoms with E-state index in [4.69, 9.17) is 9.47 Å². The van der Waals surface area contributed by atoms with Crippen molar-refractivity contribution in [1.29, 1.82) is 0 Å². The fraction of sp³-hybridized carbons (Fsp3) is 0.400. The number of carbonyl (C=O) groups is 1. The molecule has 1 aliphatic heterocycles. The SMILES string of the molecule is CC(C)(C)OC(=O)NCC1OCCc2c(-c3cccnc3)cccc21. The highest BCUT2D eigenvalue weighted by molar-refractivity contribution is 5.69. The Morgan fingerprint density at radius 3 is 2.88 bits per heavy atom. The lowest BCUT2D eigenvalue weighted by atomic mass is 9.90. The van der Waals surface area contributed by atoms with Gasteiger partial charge in [0.1, 0.15) is 11.7 Å². The standard InChI is InChI=1S/C20H24N2O3/c1-20(2,3)25-19(23)22-13-18-17-8-4-7-15(16(17)9-11-24-18)14-6-5-10-21-12-14/h4-8,10,12,18H,9,11,13H2,1-3H3,(H,22,23). The van der Waals surface area contributed by atoms with E-state index in [-0.39, 0.29) is 6.10 Å². The molecule has 25 heavy (non-hydrogen) atoms. The van der Waals surface area contributed by atoms with E-state index in [0.29, 0.717) is 13.2 Å². The second kappa shape index (κ2) is 7.23. The van der Waals surface area contributed by atoms with Crippen molar-refractivity contribution in [1.82, 2.24) is 10.3 Å². The summed E-state index contributed by atoms with van der Waals surface area (Å²) in [5.74, 6) is 0. The molecule has 1 unspecified atom stereocenters. The van der Waals surface area contributed by atoms with Gasteiger partial charge in [0, 0.05) is 18.0 Å². The molecule has 0 spiro atoms. The van der Waals surface area contributed by atoms with Crippen LogP contribution < -0.4 is 5.32 Å². The van der Waals surface area contributed by atoms with Crippen molar-refractivity contribution < 1.29 is 14.3 Å². The minimum Gasteiger partial charge on any atom is -0.444 e. The first-order chi connectivity index (χ1) is 11.9. The zero-order chi connectivity index (χ0) is 17.9. The third-order valence-corrected chi connectivity index (χ3v) is 4.03. The zero-order valence-corrected chi connectivity index (χ0v) is 14.9. The van der Waals surface area contributed by atoms with Crippen LogP contribution in [0.15, 0.2) is 42.7 Å². The van der Waals surface area contributed by atoms with Gasteiger partial charge in [-0.15, -0.1) is 0 Å². The Bertz CT molecular complexity index is 738. The first-order valence-corrected chi connectivity index (χ1v) is 8.55. The summed E-state index contributed by atoms with van der Waals surface area (Å²) in [5, 5.41) is 2.81. The lowest BCUT2D eigenvalue weighted by molar-refractivity contribution is 0.0290. The van der Waals surface area contributed by atoms with Crippen LogP contribution >= 0.6 is 0 Å². The van der Waals surface area contributed by atoms with E-state index in [9.17, 15) is 4.79 Å². The van der Waals surface area contributed by atoms with E-state index in [2.05, 4.69) is 28.5 Å². The third kappa shape index (κ3) is 4.37. The number of fused-ring (bicyclic) bond motifs is 1. The van der Waals surface area contributed by atoms with E-state index in [1.165, 1.54) is 11.1 Å². The number of benzene rings is 1. The number of nitrogens with one attached hydrogen (secondary N) is 1. The van der Waals surface area contributed by atoms with Gasteiger partial charge in [-0.05, 0) is 49.9 Å². The van der Waals surface area contributed by atoms with Crippen molar-refractivity contribution in [2.24, 2.45) is 0 Å². The number of pyridine rings is 1. The number of hydrogen-bond donors (Lipinski definition) is 1. The maximum absolute atomic E-state index is 11.9. The van der Waals surface area contributed by atoms with Gasteiger partial charge in [0.2, 0.25) is 0 Å². The minimum absolute atomic E-state index is 0.173. The molecule has 0 radical (unpaired) electrons. The molecule has 0 fully saturated rings. The first kappa shape index (κ1) is 17.4. The molecule has 1 amide bonds. The van der Waals surface area contributed by atoms with Gasteiger partial charge in [0.05, 0.1) is 13.2 Å². The number of amides is 1. The van der Waals surface area contributed by atoms with E-state index in [1.54, 1.807) is 6.20 Å². The Labute approximate surface area is 148 Å². The summed E-state index contributed by atoms with van der Waals surface area (Å²) < 4.78 is 11.2. The maximum atomic E-state index is 11.9. The molecule has 3 rings (SSSR count). The Balaban J connectivity index is 1.78. The highest BCUT2D eigenvalue weighted by Gasteiger charge is 2.25. The molecular formula is C20H24N2O3. The van der Waals surface area contributed by atoms with Crippen molar-refractivity contribution in [3.05, 3.63) is 53.9 Å². The molecule has 1 atom stereocenters. The van der Waals surface area contributed by atoms with Crippen LogP contribution in [-0.4, -0.2) is 29.8 Å². The highest BCUT2D eigenvalue weighted by atomic mass is 16.6. The largest absolute Gasteiger partial charge is 0.444 e. The lowest BCUT2D eigenvalue weighted by Crippen LogP contribution is -2.36. The first-order valence-electron chi connectivity index (χ1n) is 8.55. The summed E-state index contributed by atoms with van der Waals surface area (Å²) in [4.78, 5) is 16.1. The third-order valence-electron chi connectivity index (χ3n) is 4.03. The summed E-state index contributed by atoms with van der Waals surface area (Å²) in [6.45, 7) is 6.56. The van der Waals surface area contributed by atoms with Gasteiger partial charge in [-0.3, -0.25) is 4.98 Å². The van der Waals surface area contributed by atoms with Crippen molar-refractivity contribution in [3.63, 3.8) is 0 Å². The van der Waals surface area contributed by atoms with Gasteiger partial charge >= 0.3 is 6.09 Å². The molecule has 5 nitrogen and oxygen atoms in total. The van der Waals surface area contributed by atoms with Crippen LogP contribution in [0.2, 0.25) is 0 Å². The predicted molar refractivity (Wildman–Crippen MR) is 96.3 cm³/mol. The van der Waals surface area contributed by atoms with E-state index >= 15 is 0 Å². The molecule has 2 aromatic rings. The molecule has 0 saturated carbocycles. The maximum Gasteiger partial charge on any atom is 0.407 e. The van der Waals surface area contributed by atoms with E-state index < -0.39 is 11.7 Å². The number of alkyl carbamates (subject to hydrolysis) is 1. The van der Waals surface area contributed by atoms with Gasteiger partial charge < -0.3 is 14.8 Å². The molecule has 1 aliphatic rings. The molecule has 2 heterocycles. The second-order valence-electron chi connectivity index (χ2n) is 7.11. The normalized spacial score (nSPS) is 16.8. The summed E-state index contributed by atoms with van der Waals surface area (Å²) in [5.41, 5.74) is 4.14. The monoisotopic (exact) mass is 340 g/mol. The fourth-order valence-electron chi connectivity index (χ4n) is 3.03. The van der Waals surface area contributed by atoms with Crippen molar-refractivity contribution in [3.8, 4) is 11.1 Å². The van der Waals surface area contributed by atoms with Crippen LogP contribution in [0.5, 0.6) is 0 Å². The molecule has 5 heteroatoms. The molecule has 1 aromatic heterocycles. The molecule has 1 aromatic carbocycles. The topological polar surface area (TPSA) is 60.5 Å². The summed E-state index contributed by atoms with van der Waals surface area (Å²) in [6.07, 6.45) is 3.90. The quantitative estimate of drug-likeness (QED) is 0.921. The number of hydrogen-bond acceptors (Lipinski definition) is 4. The van der Waals surface area contributed by atoms with Gasteiger partial charge in [-0.2, -0.15) is 0 Å². The van der Waals surface area contributed by atoms with Crippen molar-refractivity contribution in [2.45, 2.75) is 38.9 Å². The Hall–Kier alpha value is -2.40. The van der Waals surface area contributed by atoms with Crippen molar-refractivity contribution in [2.75, 3.05) is 13.2 Å². The molecule has 0 saturated heterocycles. The van der Waals surface area contributed by atoms with Crippen molar-refractivity contribution >= 4 is 6.09 Å². The molecule has 0 aliphatic carbocycles. The number of aromatic nitrogens is 1. The van der Waals surface area contributed by atoms with E-state index in [0.717, 1.165) is 17.5 Å². The second-order valence-corrected chi connectivity index (χ2v) is 7.11. The van der Waals surface area contributed by atoms with Crippen LogP contribution in [0, 0.1) is 0 Å². The molecule has 132 valence electrons. The Kier molecular flexibility index (Phi) is 5.04. The van der Waals surface area contributed by atoms with Crippen LogP contribution in [0.1, 0.15) is 38.0 Å². The number of ether oxygens (including phenoxy) is 2. The molecular weight excluding hydrogens is 316 g/mol. The zero-order valence-electron chi connectivity index (χ0n) is 14.9. The van der Waals surface area contributed by atoms with Crippen LogP contribution in [0.25, 0.3) is 11.1 Å². The average molecular weight is 340 g/mol. The Morgan fingerprint density at radius 2 is 2.16 bits per heavy atom. The average Bonchev–Trinajstić information content (AvgIpc) is 2.58. The highest BCUT2D eigenvalue weighted by Crippen LogP contribution is 2.34.